The monoisotopic (exact) mass is 342 g/mol. The van der Waals surface area contributed by atoms with Crippen molar-refractivity contribution < 1.29 is 4.79 Å². The Kier molecular flexibility index (Phi) is 3.99. The van der Waals surface area contributed by atoms with Gasteiger partial charge in [0.2, 0.25) is 0 Å². The molecule has 2 aromatic heterocycles. The molecule has 0 atom stereocenters. The Bertz CT molecular complexity index is 1100. The van der Waals surface area contributed by atoms with Gasteiger partial charge in [-0.05, 0) is 41.0 Å². The molecule has 5 nitrogen and oxygen atoms in total. The lowest BCUT2D eigenvalue weighted by Crippen LogP contribution is -2.11. The van der Waals surface area contributed by atoms with Crippen LogP contribution < -0.4 is 11.5 Å². The van der Waals surface area contributed by atoms with E-state index in [0.29, 0.717) is 12.1 Å². The van der Waals surface area contributed by atoms with Crippen molar-refractivity contribution in [1.29, 1.82) is 0 Å². The third kappa shape index (κ3) is 2.64. The summed E-state index contributed by atoms with van der Waals surface area (Å²) in [5.41, 5.74) is 17.7. The third-order valence-corrected chi connectivity index (χ3v) is 4.58. The number of H-pyrrole nitrogens is 1. The fourth-order valence-electron chi connectivity index (χ4n) is 3.31. The van der Waals surface area contributed by atoms with E-state index in [4.69, 9.17) is 11.5 Å². The number of aromatic amines is 1. The largest absolute Gasteiger partial charge is 0.366 e. The number of nitrogens with two attached hydrogens (primary N) is 2. The number of hydrogen-bond donors (Lipinski definition) is 3. The van der Waals surface area contributed by atoms with Gasteiger partial charge in [-0.3, -0.25) is 9.78 Å². The summed E-state index contributed by atoms with van der Waals surface area (Å²) in [5, 5.41) is 0.939. The van der Waals surface area contributed by atoms with Crippen LogP contribution in [0.25, 0.3) is 33.3 Å². The van der Waals surface area contributed by atoms with Crippen molar-refractivity contribution in [2.45, 2.75) is 6.54 Å². The Labute approximate surface area is 150 Å². The SMILES string of the molecule is NCc1ccccc1-c1ccc(C(N)=O)c2[nH]c(-c3ccncc3)cc12. The summed E-state index contributed by atoms with van der Waals surface area (Å²) in [6.45, 7) is 0.441. The average Bonchev–Trinajstić information content (AvgIpc) is 3.13. The van der Waals surface area contributed by atoms with E-state index < -0.39 is 5.91 Å². The van der Waals surface area contributed by atoms with Gasteiger partial charge in [0.25, 0.3) is 5.91 Å². The van der Waals surface area contributed by atoms with Gasteiger partial charge in [-0.25, -0.2) is 0 Å². The van der Waals surface area contributed by atoms with Gasteiger partial charge in [0.05, 0.1) is 11.1 Å². The molecule has 0 spiro atoms. The number of benzene rings is 2. The minimum absolute atomic E-state index is 0.441. The third-order valence-electron chi connectivity index (χ3n) is 4.58. The molecule has 0 saturated carbocycles. The van der Waals surface area contributed by atoms with Gasteiger partial charge < -0.3 is 16.5 Å². The Morgan fingerprint density at radius 3 is 2.50 bits per heavy atom. The second-order valence-corrected chi connectivity index (χ2v) is 6.09. The molecule has 1 amide bonds. The van der Waals surface area contributed by atoms with Crippen LogP contribution in [0.5, 0.6) is 0 Å². The lowest BCUT2D eigenvalue weighted by atomic mass is 9.95. The van der Waals surface area contributed by atoms with Gasteiger partial charge in [0, 0.05) is 35.6 Å². The maximum Gasteiger partial charge on any atom is 0.250 e. The Morgan fingerprint density at radius 2 is 1.77 bits per heavy atom. The van der Waals surface area contributed by atoms with Crippen LogP contribution in [0.1, 0.15) is 15.9 Å². The number of aromatic nitrogens is 2. The molecule has 2 aromatic carbocycles. The summed E-state index contributed by atoms with van der Waals surface area (Å²) in [4.78, 5) is 19.3. The molecule has 2 heterocycles. The van der Waals surface area contributed by atoms with Crippen molar-refractivity contribution in [3.8, 4) is 22.4 Å². The van der Waals surface area contributed by atoms with Crippen molar-refractivity contribution in [2.75, 3.05) is 0 Å². The molecule has 0 aliphatic carbocycles. The van der Waals surface area contributed by atoms with Gasteiger partial charge in [-0.15, -0.1) is 0 Å². The molecule has 0 aliphatic rings. The van der Waals surface area contributed by atoms with Crippen molar-refractivity contribution in [2.24, 2.45) is 11.5 Å². The standard InChI is InChI=1S/C21H18N4O/c22-12-14-3-1-2-4-15(14)16-5-6-17(21(23)26)20-18(16)11-19(25-20)13-7-9-24-10-8-13/h1-11,25H,12,22H2,(H2,23,26). The molecule has 0 fully saturated rings. The highest BCUT2D eigenvalue weighted by Gasteiger charge is 2.16. The van der Waals surface area contributed by atoms with Crippen LogP contribution in [0.2, 0.25) is 0 Å². The Hall–Kier alpha value is -3.44. The fourth-order valence-corrected chi connectivity index (χ4v) is 3.31. The zero-order valence-corrected chi connectivity index (χ0v) is 14.1. The predicted molar refractivity (Wildman–Crippen MR) is 103 cm³/mol. The summed E-state index contributed by atoms with van der Waals surface area (Å²) >= 11 is 0. The number of nitrogens with zero attached hydrogens (tertiary/aromatic N) is 1. The molecule has 0 aliphatic heterocycles. The lowest BCUT2D eigenvalue weighted by molar-refractivity contribution is 0.100. The first kappa shape index (κ1) is 16.1. The van der Waals surface area contributed by atoms with Crippen LogP contribution in [0.4, 0.5) is 0 Å². The summed E-state index contributed by atoms with van der Waals surface area (Å²) in [6.07, 6.45) is 3.47. The number of fused-ring (bicyclic) bond motifs is 1. The average molecular weight is 342 g/mol. The molecule has 4 rings (SSSR count). The lowest BCUT2D eigenvalue weighted by Gasteiger charge is -2.10. The highest BCUT2D eigenvalue weighted by Crippen LogP contribution is 2.35. The molecule has 0 radical (unpaired) electrons. The van der Waals surface area contributed by atoms with E-state index in [1.807, 2.05) is 48.5 Å². The van der Waals surface area contributed by atoms with Crippen LogP contribution in [-0.2, 0) is 6.54 Å². The summed E-state index contributed by atoms with van der Waals surface area (Å²) < 4.78 is 0. The molecular formula is C21H18N4O. The number of rotatable bonds is 4. The van der Waals surface area contributed by atoms with E-state index in [1.165, 1.54) is 0 Å². The first-order valence-corrected chi connectivity index (χ1v) is 8.33. The molecule has 4 aromatic rings. The van der Waals surface area contributed by atoms with E-state index >= 15 is 0 Å². The van der Waals surface area contributed by atoms with E-state index in [0.717, 1.165) is 38.9 Å². The predicted octanol–water partition coefficient (Wildman–Crippen LogP) is 3.45. The number of pyridine rings is 1. The maximum absolute atomic E-state index is 11.9. The van der Waals surface area contributed by atoms with E-state index in [2.05, 4.69) is 9.97 Å². The molecule has 26 heavy (non-hydrogen) atoms. The quantitative estimate of drug-likeness (QED) is 0.530. The van der Waals surface area contributed by atoms with E-state index in [1.54, 1.807) is 18.5 Å². The summed E-state index contributed by atoms with van der Waals surface area (Å²) in [6, 6.07) is 17.6. The molecule has 0 bridgehead atoms. The number of carbonyl (C=O) groups is 1. The first-order chi connectivity index (χ1) is 12.7. The van der Waals surface area contributed by atoms with Crippen LogP contribution in [0.15, 0.2) is 67.0 Å². The number of nitrogens with one attached hydrogen (secondary N) is 1. The summed E-state index contributed by atoms with van der Waals surface area (Å²) in [5.74, 6) is -0.461. The van der Waals surface area contributed by atoms with Crippen LogP contribution in [0.3, 0.4) is 0 Å². The number of primary amides is 1. The van der Waals surface area contributed by atoms with Crippen LogP contribution in [0, 0.1) is 0 Å². The van der Waals surface area contributed by atoms with E-state index in [-0.39, 0.29) is 0 Å². The molecular weight excluding hydrogens is 324 g/mol. The van der Waals surface area contributed by atoms with E-state index in [9.17, 15) is 4.79 Å². The number of amides is 1. The summed E-state index contributed by atoms with van der Waals surface area (Å²) in [7, 11) is 0. The number of hydrogen-bond acceptors (Lipinski definition) is 3. The zero-order chi connectivity index (χ0) is 18.1. The second kappa shape index (κ2) is 6.46. The number of carbonyl (C=O) groups excluding carboxylic acids is 1. The smallest absolute Gasteiger partial charge is 0.250 e. The second-order valence-electron chi connectivity index (χ2n) is 6.09. The Morgan fingerprint density at radius 1 is 1.00 bits per heavy atom. The van der Waals surface area contributed by atoms with Crippen molar-refractivity contribution >= 4 is 16.8 Å². The minimum Gasteiger partial charge on any atom is -0.366 e. The molecule has 5 N–H and O–H groups in total. The topological polar surface area (TPSA) is 97.8 Å². The van der Waals surface area contributed by atoms with Gasteiger partial charge in [0.15, 0.2) is 0 Å². The highest BCUT2D eigenvalue weighted by atomic mass is 16.1. The van der Waals surface area contributed by atoms with Gasteiger partial charge in [-0.2, -0.15) is 0 Å². The van der Waals surface area contributed by atoms with Crippen molar-refractivity contribution in [1.82, 2.24) is 9.97 Å². The molecule has 128 valence electrons. The van der Waals surface area contributed by atoms with Crippen molar-refractivity contribution in [3.05, 3.63) is 78.1 Å². The minimum atomic E-state index is -0.461. The fraction of sp³-hybridized carbons (Fsp3) is 0.0476. The van der Waals surface area contributed by atoms with Gasteiger partial charge in [0.1, 0.15) is 0 Å². The zero-order valence-electron chi connectivity index (χ0n) is 14.1. The Balaban J connectivity index is 2.02. The van der Waals surface area contributed by atoms with Gasteiger partial charge >= 0.3 is 0 Å². The maximum atomic E-state index is 11.9. The molecule has 0 saturated heterocycles. The van der Waals surface area contributed by atoms with Crippen LogP contribution >= 0.6 is 0 Å². The highest BCUT2D eigenvalue weighted by molar-refractivity contribution is 6.10. The van der Waals surface area contributed by atoms with Gasteiger partial charge in [-0.1, -0.05) is 30.3 Å². The normalized spacial score (nSPS) is 11.0. The molecule has 5 heteroatoms. The van der Waals surface area contributed by atoms with Crippen molar-refractivity contribution in [3.63, 3.8) is 0 Å². The van der Waals surface area contributed by atoms with Crippen LogP contribution in [-0.4, -0.2) is 15.9 Å². The molecule has 0 unspecified atom stereocenters. The first-order valence-electron chi connectivity index (χ1n) is 8.33.